The summed E-state index contributed by atoms with van der Waals surface area (Å²) in [5.74, 6) is -0.334. The van der Waals surface area contributed by atoms with Crippen molar-refractivity contribution < 1.29 is 9.53 Å². The van der Waals surface area contributed by atoms with Gasteiger partial charge in [-0.2, -0.15) is 0 Å². The highest BCUT2D eigenvalue weighted by atomic mass is 79.9. The van der Waals surface area contributed by atoms with E-state index in [0.29, 0.717) is 5.56 Å². The Labute approximate surface area is 97.9 Å². The number of methoxy groups -OCH3 is 1. The smallest absolute Gasteiger partial charge is 0.340 e. The molecular formula is C11H14BrNO2. The molecule has 1 aromatic carbocycles. The SMILES string of the molecule is COC(=O)c1cc(Br)ccc1NC(C)C. The molecule has 0 heterocycles. The molecule has 0 saturated heterocycles. The van der Waals surface area contributed by atoms with Crippen LogP contribution in [0.1, 0.15) is 24.2 Å². The lowest BCUT2D eigenvalue weighted by Crippen LogP contribution is -2.14. The quantitative estimate of drug-likeness (QED) is 0.859. The van der Waals surface area contributed by atoms with Crippen LogP contribution in [0.15, 0.2) is 22.7 Å². The summed E-state index contributed by atoms with van der Waals surface area (Å²) in [5, 5.41) is 3.19. The van der Waals surface area contributed by atoms with E-state index in [0.717, 1.165) is 10.2 Å². The molecule has 1 aromatic rings. The van der Waals surface area contributed by atoms with Gasteiger partial charge in [-0.05, 0) is 32.0 Å². The van der Waals surface area contributed by atoms with Gasteiger partial charge < -0.3 is 10.1 Å². The molecule has 0 unspecified atom stereocenters. The number of halogens is 1. The standard InChI is InChI=1S/C11H14BrNO2/c1-7(2)13-10-5-4-8(12)6-9(10)11(14)15-3/h4-7,13H,1-3H3. The zero-order valence-electron chi connectivity index (χ0n) is 9.00. The molecule has 0 radical (unpaired) electrons. The van der Waals surface area contributed by atoms with Crippen LogP contribution >= 0.6 is 15.9 Å². The Morgan fingerprint density at radius 3 is 2.67 bits per heavy atom. The van der Waals surface area contributed by atoms with Crippen molar-refractivity contribution in [1.29, 1.82) is 0 Å². The molecule has 1 N–H and O–H groups in total. The van der Waals surface area contributed by atoms with E-state index in [1.54, 1.807) is 6.07 Å². The first-order chi connectivity index (χ1) is 7.04. The molecule has 0 bridgehead atoms. The maximum atomic E-state index is 11.5. The number of rotatable bonds is 3. The van der Waals surface area contributed by atoms with Crippen molar-refractivity contribution in [3.63, 3.8) is 0 Å². The second-order valence-electron chi connectivity index (χ2n) is 3.48. The zero-order chi connectivity index (χ0) is 11.4. The normalized spacial score (nSPS) is 10.2. The van der Waals surface area contributed by atoms with E-state index < -0.39 is 0 Å². The van der Waals surface area contributed by atoms with E-state index in [4.69, 9.17) is 4.74 Å². The van der Waals surface area contributed by atoms with Crippen LogP contribution in [-0.2, 0) is 4.74 Å². The van der Waals surface area contributed by atoms with Crippen LogP contribution in [0, 0.1) is 0 Å². The molecule has 0 spiro atoms. The van der Waals surface area contributed by atoms with Gasteiger partial charge in [0.1, 0.15) is 0 Å². The van der Waals surface area contributed by atoms with E-state index in [1.807, 2.05) is 26.0 Å². The van der Waals surface area contributed by atoms with Gasteiger partial charge >= 0.3 is 5.97 Å². The molecule has 4 heteroatoms. The zero-order valence-corrected chi connectivity index (χ0v) is 10.6. The molecule has 15 heavy (non-hydrogen) atoms. The van der Waals surface area contributed by atoms with E-state index in [-0.39, 0.29) is 12.0 Å². The lowest BCUT2D eigenvalue weighted by Gasteiger charge is -2.13. The third kappa shape index (κ3) is 3.23. The predicted octanol–water partition coefficient (Wildman–Crippen LogP) is 3.06. The average molecular weight is 272 g/mol. The van der Waals surface area contributed by atoms with Gasteiger partial charge in [0.25, 0.3) is 0 Å². The maximum Gasteiger partial charge on any atom is 0.340 e. The summed E-state index contributed by atoms with van der Waals surface area (Å²) in [6, 6.07) is 5.76. The first-order valence-electron chi connectivity index (χ1n) is 4.69. The van der Waals surface area contributed by atoms with Crippen LogP contribution in [0.4, 0.5) is 5.69 Å². The molecule has 0 fully saturated rings. The monoisotopic (exact) mass is 271 g/mol. The molecule has 0 aliphatic rings. The van der Waals surface area contributed by atoms with Crippen LogP contribution in [0.5, 0.6) is 0 Å². The Bertz CT molecular complexity index is 364. The molecule has 0 amide bonds. The minimum Gasteiger partial charge on any atom is -0.465 e. The Morgan fingerprint density at radius 1 is 1.47 bits per heavy atom. The Hall–Kier alpha value is -1.03. The fourth-order valence-electron chi connectivity index (χ4n) is 1.23. The summed E-state index contributed by atoms with van der Waals surface area (Å²) in [7, 11) is 1.38. The van der Waals surface area contributed by atoms with Gasteiger partial charge in [0.2, 0.25) is 0 Å². The third-order valence-electron chi connectivity index (χ3n) is 1.83. The fraction of sp³-hybridized carbons (Fsp3) is 0.364. The van der Waals surface area contributed by atoms with Gasteiger partial charge in [0.15, 0.2) is 0 Å². The predicted molar refractivity (Wildman–Crippen MR) is 64.2 cm³/mol. The topological polar surface area (TPSA) is 38.3 Å². The molecule has 0 atom stereocenters. The van der Waals surface area contributed by atoms with E-state index >= 15 is 0 Å². The summed E-state index contributed by atoms with van der Waals surface area (Å²) in [4.78, 5) is 11.5. The number of carbonyl (C=O) groups excluding carboxylic acids is 1. The van der Waals surface area contributed by atoms with Crippen molar-refractivity contribution in [3.05, 3.63) is 28.2 Å². The molecule has 1 rings (SSSR count). The van der Waals surface area contributed by atoms with Gasteiger partial charge in [0.05, 0.1) is 12.7 Å². The van der Waals surface area contributed by atoms with E-state index in [9.17, 15) is 4.79 Å². The number of carbonyl (C=O) groups is 1. The van der Waals surface area contributed by atoms with Crippen molar-refractivity contribution in [2.24, 2.45) is 0 Å². The van der Waals surface area contributed by atoms with E-state index in [1.165, 1.54) is 7.11 Å². The third-order valence-corrected chi connectivity index (χ3v) is 2.32. The minimum atomic E-state index is -0.334. The number of ether oxygens (including phenoxy) is 1. The summed E-state index contributed by atoms with van der Waals surface area (Å²) >= 11 is 3.32. The molecular weight excluding hydrogens is 258 g/mol. The van der Waals surface area contributed by atoms with Crippen molar-refractivity contribution in [2.45, 2.75) is 19.9 Å². The highest BCUT2D eigenvalue weighted by molar-refractivity contribution is 9.10. The number of hydrogen-bond donors (Lipinski definition) is 1. The maximum absolute atomic E-state index is 11.5. The van der Waals surface area contributed by atoms with Crippen LogP contribution < -0.4 is 5.32 Å². The highest BCUT2D eigenvalue weighted by Crippen LogP contribution is 2.22. The number of anilines is 1. The molecule has 0 aliphatic carbocycles. The van der Waals surface area contributed by atoms with E-state index in [2.05, 4.69) is 21.2 Å². The van der Waals surface area contributed by atoms with Gasteiger partial charge in [-0.1, -0.05) is 15.9 Å². The van der Waals surface area contributed by atoms with Crippen LogP contribution in [-0.4, -0.2) is 19.1 Å². The number of esters is 1. The summed E-state index contributed by atoms with van der Waals surface area (Å²) in [6.45, 7) is 4.03. The summed E-state index contributed by atoms with van der Waals surface area (Å²) in [6.07, 6.45) is 0. The molecule has 0 saturated carbocycles. The Balaban J connectivity index is 3.08. The minimum absolute atomic E-state index is 0.273. The highest BCUT2D eigenvalue weighted by Gasteiger charge is 2.12. The Kier molecular flexibility index (Phi) is 4.15. The van der Waals surface area contributed by atoms with Crippen molar-refractivity contribution in [1.82, 2.24) is 0 Å². The number of benzene rings is 1. The first-order valence-corrected chi connectivity index (χ1v) is 5.48. The second-order valence-corrected chi connectivity index (χ2v) is 4.40. The first kappa shape index (κ1) is 12.0. The second kappa shape index (κ2) is 5.16. The van der Waals surface area contributed by atoms with Crippen molar-refractivity contribution in [2.75, 3.05) is 12.4 Å². The van der Waals surface area contributed by atoms with Gasteiger partial charge in [0, 0.05) is 16.2 Å². The van der Waals surface area contributed by atoms with Gasteiger partial charge in [-0.15, -0.1) is 0 Å². The van der Waals surface area contributed by atoms with Crippen LogP contribution in [0.3, 0.4) is 0 Å². The fourth-order valence-corrected chi connectivity index (χ4v) is 1.59. The van der Waals surface area contributed by atoms with Crippen molar-refractivity contribution >= 4 is 27.6 Å². The van der Waals surface area contributed by atoms with Crippen LogP contribution in [0.25, 0.3) is 0 Å². The number of nitrogens with one attached hydrogen (secondary N) is 1. The lowest BCUT2D eigenvalue weighted by molar-refractivity contribution is 0.0601. The summed E-state index contributed by atoms with van der Waals surface area (Å²) < 4.78 is 5.57. The summed E-state index contributed by atoms with van der Waals surface area (Å²) in [5.41, 5.74) is 1.33. The lowest BCUT2D eigenvalue weighted by atomic mass is 10.1. The van der Waals surface area contributed by atoms with Gasteiger partial charge in [-0.25, -0.2) is 4.79 Å². The number of hydrogen-bond acceptors (Lipinski definition) is 3. The van der Waals surface area contributed by atoms with Crippen LogP contribution in [0.2, 0.25) is 0 Å². The van der Waals surface area contributed by atoms with Gasteiger partial charge in [-0.3, -0.25) is 0 Å². The molecule has 0 aromatic heterocycles. The average Bonchev–Trinajstić information content (AvgIpc) is 2.19. The molecule has 0 aliphatic heterocycles. The largest absolute Gasteiger partial charge is 0.465 e. The van der Waals surface area contributed by atoms with Crippen molar-refractivity contribution in [3.8, 4) is 0 Å². The molecule has 82 valence electrons. The Morgan fingerprint density at radius 2 is 2.13 bits per heavy atom. The molecule has 3 nitrogen and oxygen atoms in total.